The summed E-state index contributed by atoms with van der Waals surface area (Å²) in [4.78, 5) is 12.3. The molecule has 0 aromatic rings. The summed E-state index contributed by atoms with van der Waals surface area (Å²) in [5.41, 5.74) is -2.99. The van der Waals surface area contributed by atoms with Gasteiger partial charge in [-0.15, -0.1) is 0 Å². The number of esters is 1. The summed E-state index contributed by atoms with van der Waals surface area (Å²) in [5, 5.41) is 21.6. The number of hydrogen-bond donors (Lipinski definition) is 2. The molecule has 5 unspecified atom stereocenters. The predicted octanol–water partition coefficient (Wildman–Crippen LogP) is 2.02. The fourth-order valence-electron chi connectivity index (χ4n) is 4.87. The largest absolute Gasteiger partial charge is 0.458 e. The molecule has 2 N–H and O–H groups in total. The van der Waals surface area contributed by atoms with Gasteiger partial charge in [0.25, 0.3) is 0 Å². The van der Waals surface area contributed by atoms with Gasteiger partial charge in [-0.25, -0.2) is 0 Å². The second kappa shape index (κ2) is 3.77. The Morgan fingerprint density at radius 2 is 1.80 bits per heavy atom. The van der Waals surface area contributed by atoms with E-state index in [-0.39, 0.29) is 17.8 Å². The molecule has 5 atom stereocenters. The Labute approximate surface area is 120 Å². The summed E-state index contributed by atoms with van der Waals surface area (Å²) in [6, 6.07) is 0. The van der Waals surface area contributed by atoms with Crippen LogP contribution in [0.1, 0.15) is 59.8 Å². The summed E-state index contributed by atoms with van der Waals surface area (Å²) in [6.07, 6.45) is 3.14. The molecule has 0 saturated heterocycles. The van der Waals surface area contributed by atoms with Crippen LogP contribution in [0.5, 0.6) is 0 Å². The van der Waals surface area contributed by atoms with Crippen molar-refractivity contribution in [1.29, 1.82) is 0 Å². The van der Waals surface area contributed by atoms with Gasteiger partial charge in [0.05, 0.1) is 16.6 Å². The highest BCUT2D eigenvalue weighted by molar-refractivity contribution is 5.76. The predicted molar refractivity (Wildman–Crippen MR) is 73.9 cm³/mol. The van der Waals surface area contributed by atoms with Crippen molar-refractivity contribution in [3.63, 3.8) is 0 Å². The summed E-state index contributed by atoms with van der Waals surface area (Å²) in [6.45, 7) is 7.48. The standard InChI is InChI=1S/C16H26O4/c1-10-15(19)6-11-5-14(18,8-15)9-16(10,7-11)20-12(17)13(2,3)4/h10-11,18-19H,5-9H2,1-4H3. The van der Waals surface area contributed by atoms with E-state index >= 15 is 0 Å². The molecular formula is C16H26O4. The summed E-state index contributed by atoms with van der Waals surface area (Å²) in [5.74, 6) is -0.0897. The van der Waals surface area contributed by atoms with Gasteiger partial charge in [-0.2, -0.15) is 0 Å². The van der Waals surface area contributed by atoms with E-state index in [2.05, 4.69) is 0 Å². The minimum Gasteiger partial charge on any atom is -0.458 e. The highest BCUT2D eigenvalue weighted by Crippen LogP contribution is 2.63. The minimum atomic E-state index is -0.883. The quantitative estimate of drug-likeness (QED) is 0.722. The van der Waals surface area contributed by atoms with E-state index in [0.29, 0.717) is 12.8 Å². The van der Waals surface area contributed by atoms with Crippen molar-refractivity contribution in [2.75, 3.05) is 0 Å². The third-order valence-corrected chi connectivity index (χ3v) is 5.71. The second-order valence-electron chi connectivity index (χ2n) is 8.59. The molecule has 4 aliphatic rings. The molecule has 20 heavy (non-hydrogen) atoms. The maximum Gasteiger partial charge on any atom is 0.311 e. The van der Waals surface area contributed by atoms with Gasteiger partial charge < -0.3 is 14.9 Å². The third-order valence-electron chi connectivity index (χ3n) is 5.71. The van der Waals surface area contributed by atoms with Crippen molar-refractivity contribution in [2.24, 2.45) is 17.3 Å². The highest BCUT2D eigenvalue weighted by Gasteiger charge is 2.68. The molecule has 4 fully saturated rings. The first-order valence-electron chi connectivity index (χ1n) is 7.66. The van der Waals surface area contributed by atoms with Gasteiger partial charge in [0.15, 0.2) is 0 Å². The van der Waals surface area contributed by atoms with Crippen LogP contribution in [0.25, 0.3) is 0 Å². The molecule has 0 aliphatic heterocycles. The molecule has 0 amide bonds. The molecule has 0 aromatic carbocycles. The van der Waals surface area contributed by atoms with Crippen molar-refractivity contribution in [3.05, 3.63) is 0 Å². The number of hydrogen-bond acceptors (Lipinski definition) is 4. The summed E-state index contributed by atoms with van der Waals surface area (Å²) in [7, 11) is 0. The second-order valence-corrected chi connectivity index (χ2v) is 8.59. The van der Waals surface area contributed by atoms with Crippen LogP contribution in [-0.2, 0) is 9.53 Å². The molecule has 0 spiro atoms. The summed E-state index contributed by atoms with van der Waals surface area (Å²) < 4.78 is 5.90. The van der Waals surface area contributed by atoms with Crippen LogP contribution in [0, 0.1) is 17.3 Å². The lowest BCUT2D eigenvalue weighted by Gasteiger charge is -2.65. The molecule has 4 aliphatic carbocycles. The molecule has 0 heterocycles. The Hall–Kier alpha value is -0.610. The average Bonchev–Trinajstić information content (AvgIpc) is 2.21. The van der Waals surface area contributed by atoms with Gasteiger partial charge >= 0.3 is 5.97 Å². The average molecular weight is 282 g/mol. The first kappa shape index (κ1) is 14.3. The lowest BCUT2D eigenvalue weighted by Crippen LogP contribution is -2.71. The van der Waals surface area contributed by atoms with Crippen molar-refractivity contribution >= 4 is 5.97 Å². The van der Waals surface area contributed by atoms with Crippen molar-refractivity contribution in [1.82, 2.24) is 0 Å². The maximum atomic E-state index is 12.3. The molecule has 0 radical (unpaired) electrons. The van der Waals surface area contributed by atoms with Gasteiger partial charge in [-0.05, 0) is 46.0 Å². The van der Waals surface area contributed by atoms with Crippen LogP contribution in [-0.4, -0.2) is 33.0 Å². The Morgan fingerprint density at radius 1 is 1.15 bits per heavy atom. The number of aliphatic hydroxyl groups is 2. The molecule has 114 valence electrons. The number of ether oxygens (including phenoxy) is 1. The number of carbonyl (C=O) groups excluding carboxylic acids is 1. The highest BCUT2D eigenvalue weighted by atomic mass is 16.6. The van der Waals surface area contributed by atoms with Gasteiger partial charge in [0.2, 0.25) is 0 Å². The van der Waals surface area contributed by atoms with Crippen molar-refractivity contribution in [3.8, 4) is 0 Å². The lowest BCUT2D eigenvalue weighted by molar-refractivity contribution is -0.292. The molecule has 4 rings (SSSR count). The lowest BCUT2D eigenvalue weighted by atomic mass is 9.46. The van der Waals surface area contributed by atoms with Crippen LogP contribution in [0.4, 0.5) is 0 Å². The molecule has 4 saturated carbocycles. The first-order chi connectivity index (χ1) is 8.98. The van der Waals surface area contributed by atoms with Crippen LogP contribution in [0.2, 0.25) is 0 Å². The van der Waals surface area contributed by atoms with Gasteiger partial charge in [-0.1, -0.05) is 6.92 Å². The molecule has 4 nitrogen and oxygen atoms in total. The van der Waals surface area contributed by atoms with Gasteiger partial charge in [0, 0.05) is 18.8 Å². The minimum absolute atomic E-state index is 0.113. The van der Waals surface area contributed by atoms with Crippen LogP contribution >= 0.6 is 0 Å². The van der Waals surface area contributed by atoms with E-state index in [1.165, 1.54) is 0 Å². The van der Waals surface area contributed by atoms with E-state index in [1.54, 1.807) is 0 Å². The zero-order valence-corrected chi connectivity index (χ0v) is 12.9. The monoisotopic (exact) mass is 282 g/mol. The van der Waals surface area contributed by atoms with Crippen LogP contribution < -0.4 is 0 Å². The fraction of sp³-hybridized carbons (Fsp3) is 0.938. The fourth-order valence-corrected chi connectivity index (χ4v) is 4.87. The molecule has 4 heteroatoms. The van der Waals surface area contributed by atoms with Crippen molar-refractivity contribution < 1.29 is 19.7 Å². The molecular weight excluding hydrogens is 256 g/mol. The normalized spacial score (nSPS) is 50.3. The molecule has 0 aromatic heterocycles. The van der Waals surface area contributed by atoms with E-state index in [1.807, 2.05) is 27.7 Å². The van der Waals surface area contributed by atoms with Crippen LogP contribution in [0.15, 0.2) is 0 Å². The number of rotatable bonds is 1. The SMILES string of the molecule is CC1C2(O)CC3CC(O)(C2)CC1(OC(=O)C(C)(C)C)C3. The van der Waals surface area contributed by atoms with E-state index in [9.17, 15) is 15.0 Å². The summed E-state index contributed by atoms with van der Waals surface area (Å²) >= 11 is 0. The van der Waals surface area contributed by atoms with E-state index < -0.39 is 22.2 Å². The topological polar surface area (TPSA) is 66.8 Å². The maximum absolute atomic E-state index is 12.3. The van der Waals surface area contributed by atoms with Crippen molar-refractivity contribution in [2.45, 2.75) is 76.6 Å². The number of carbonyl (C=O) groups is 1. The molecule has 4 bridgehead atoms. The Bertz CT molecular complexity index is 454. The zero-order chi connectivity index (χ0) is 15.0. The Kier molecular flexibility index (Phi) is 2.70. The zero-order valence-electron chi connectivity index (χ0n) is 12.9. The Balaban J connectivity index is 1.94. The third kappa shape index (κ3) is 1.92. The van der Waals surface area contributed by atoms with E-state index in [4.69, 9.17) is 4.74 Å². The Morgan fingerprint density at radius 3 is 2.35 bits per heavy atom. The van der Waals surface area contributed by atoms with Gasteiger partial charge in [-0.3, -0.25) is 4.79 Å². The van der Waals surface area contributed by atoms with E-state index in [0.717, 1.165) is 19.3 Å². The smallest absolute Gasteiger partial charge is 0.311 e. The first-order valence-corrected chi connectivity index (χ1v) is 7.66. The van der Waals surface area contributed by atoms with Crippen LogP contribution in [0.3, 0.4) is 0 Å². The van der Waals surface area contributed by atoms with Gasteiger partial charge in [0.1, 0.15) is 5.60 Å².